The van der Waals surface area contributed by atoms with Crippen LogP contribution in [0.2, 0.25) is 0 Å². The summed E-state index contributed by atoms with van der Waals surface area (Å²) in [5.41, 5.74) is 11.2. The van der Waals surface area contributed by atoms with Crippen molar-refractivity contribution < 1.29 is 47.1 Å². The second-order valence-corrected chi connectivity index (χ2v) is 16.6. The van der Waals surface area contributed by atoms with Gasteiger partial charge in [0.15, 0.2) is 13.2 Å². The second kappa shape index (κ2) is 29.5. The Bertz CT molecular complexity index is 2150. The summed E-state index contributed by atoms with van der Waals surface area (Å²) in [5.74, 6) is 9.90. The molecule has 0 spiro atoms. The van der Waals surface area contributed by atoms with E-state index in [1.54, 1.807) is 0 Å². The van der Waals surface area contributed by atoms with Crippen molar-refractivity contribution in [3.8, 4) is 23.7 Å². The molecule has 2 fully saturated rings. The van der Waals surface area contributed by atoms with E-state index >= 15 is 0 Å². The average Bonchev–Trinajstić information content (AvgIpc) is 3.88. The molecular formula is C42H64B2N6O12S2. The summed E-state index contributed by atoms with van der Waals surface area (Å²) in [7, 11) is -2.09. The molecule has 18 nitrogen and oxygen atoms in total. The largest absolute Gasteiger partial charge is 0.452 e. The summed E-state index contributed by atoms with van der Waals surface area (Å²) in [6.45, 7) is 7.38. The molecule has 22 heteroatoms. The topological polar surface area (TPSA) is 252 Å². The third-order valence-corrected chi connectivity index (χ3v) is 11.1. The maximum absolute atomic E-state index is 12.6. The van der Waals surface area contributed by atoms with Crippen molar-refractivity contribution >= 4 is 63.2 Å². The van der Waals surface area contributed by atoms with Gasteiger partial charge in [-0.1, -0.05) is 89.9 Å². The number of esters is 2. The number of rotatable bonds is 24. The first-order valence-electron chi connectivity index (χ1n) is 23.7. The third kappa shape index (κ3) is 17.8. The summed E-state index contributed by atoms with van der Waals surface area (Å²) in [5, 5.41) is 19.0. The van der Waals surface area contributed by atoms with Crippen molar-refractivity contribution in [2.75, 3.05) is 49.2 Å². The van der Waals surface area contributed by atoms with Crippen LogP contribution in [0, 0.1) is 35.5 Å². The van der Waals surface area contributed by atoms with E-state index in [9.17, 15) is 29.4 Å². The Hall–Kier alpha value is -3.99. The summed E-state index contributed by atoms with van der Waals surface area (Å²) in [6, 6.07) is 0. The monoisotopic (exact) mass is 936 g/mol. The van der Waals surface area contributed by atoms with E-state index in [0.717, 1.165) is 75.5 Å². The van der Waals surface area contributed by atoms with Gasteiger partial charge in [-0.25, -0.2) is 9.59 Å². The molecule has 2 aliphatic rings. The molecule has 2 aliphatic heterocycles. The third-order valence-electron chi connectivity index (χ3n) is 10.1. The predicted octanol–water partition coefficient (Wildman–Crippen LogP) is 1.68. The van der Waals surface area contributed by atoms with Crippen molar-refractivity contribution in [1.82, 2.24) is 19.1 Å². The van der Waals surface area contributed by atoms with Crippen molar-refractivity contribution in [3.05, 3.63) is 44.5 Å². The number of hydrogen-bond donors (Lipinski definition) is 4. The van der Waals surface area contributed by atoms with Crippen molar-refractivity contribution in [2.24, 2.45) is 11.8 Å². The van der Waals surface area contributed by atoms with Crippen molar-refractivity contribution in [1.29, 1.82) is 5.34 Å². The highest BCUT2D eigenvalue weighted by Gasteiger charge is 2.39. The highest BCUT2D eigenvalue weighted by molar-refractivity contribution is 7.95. The quantitative estimate of drug-likeness (QED) is 0.0384. The first-order valence-corrected chi connectivity index (χ1v) is 23.2. The van der Waals surface area contributed by atoms with Gasteiger partial charge in [0.2, 0.25) is 0 Å². The van der Waals surface area contributed by atoms with Crippen LogP contribution < -0.4 is 22.8 Å². The van der Waals surface area contributed by atoms with Gasteiger partial charge < -0.3 is 49.0 Å². The highest BCUT2D eigenvalue weighted by Crippen LogP contribution is 2.33. The number of nitrogens with two attached hydrogens (primary N) is 2. The first kappa shape index (κ1) is 48.0. The van der Waals surface area contributed by atoms with Crippen molar-refractivity contribution in [2.45, 2.75) is 129 Å². The lowest BCUT2D eigenvalue weighted by Crippen LogP contribution is -2.29. The molecule has 6 N–H and O–H groups in total. The highest BCUT2D eigenvalue weighted by atomic mass is 32.2. The summed E-state index contributed by atoms with van der Waals surface area (Å²) in [4.78, 5) is 56.4. The minimum absolute atomic E-state index is 0.0461. The zero-order chi connectivity index (χ0) is 50.2. The van der Waals surface area contributed by atoms with Gasteiger partial charge >= 0.3 is 23.3 Å². The van der Waals surface area contributed by atoms with Crippen LogP contribution in [0.25, 0.3) is 0 Å². The molecule has 0 aliphatic carbocycles. The molecule has 2 unspecified atom stereocenters. The molecule has 0 aromatic carbocycles. The van der Waals surface area contributed by atoms with E-state index < -0.39 is 63.8 Å². The maximum atomic E-state index is 12.6. The summed E-state index contributed by atoms with van der Waals surface area (Å²) in [6.07, 6.45) is 6.76. The average molecular weight is 937 g/mol. The van der Waals surface area contributed by atoms with Crippen LogP contribution in [-0.2, 0) is 36.9 Å². The van der Waals surface area contributed by atoms with Crippen LogP contribution in [0.5, 0.6) is 0 Å². The lowest BCUT2D eigenvalue weighted by atomic mass is 10.0. The zero-order valence-corrected chi connectivity index (χ0v) is 38.6. The van der Waals surface area contributed by atoms with Gasteiger partial charge in [0, 0.05) is 25.2 Å². The smallest absolute Gasteiger partial charge is 0.351 e. The van der Waals surface area contributed by atoms with Gasteiger partial charge in [-0.15, -0.1) is 0 Å². The zero-order valence-electron chi connectivity index (χ0n) is 41.0. The fraction of sp³-hybridized carbons (Fsp3) is 0.667. The molecule has 0 bridgehead atoms. The molecule has 2 aromatic rings. The number of anilines is 2. The van der Waals surface area contributed by atoms with Crippen molar-refractivity contribution in [3.63, 3.8) is 0 Å². The van der Waals surface area contributed by atoms with Crippen LogP contribution in [0.4, 0.5) is 11.6 Å². The van der Waals surface area contributed by atoms with E-state index in [1.807, 2.05) is 13.8 Å². The molecular weight excluding hydrogens is 866 g/mol. The van der Waals surface area contributed by atoms with Gasteiger partial charge in [-0.3, -0.25) is 18.7 Å². The number of aliphatic hydroxyl groups excluding tert-OH is 2. The molecule has 64 heavy (non-hydrogen) atoms. The number of aliphatic hydroxyl groups is 2. The van der Waals surface area contributed by atoms with Crippen LogP contribution in [0.3, 0.4) is 0 Å². The normalized spacial score (nSPS) is 21.8. The van der Waals surface area contributed by atoms with Gasteiger partial charge in [0.25, 0.3) is 0 Å². The minimum atomic E-state index is -1.06. The van der Waals surface area contributed by atoms with E-state index in [2.05, 4.69) is 47.5 Å². The van der Waals surface area contributed by atoms with Gasteiger partial charge in [0.05, 0.1) is 42.3 Å². The van der Waals surface area contributed by atoms with E-state index in [0.29, 0.717) is 0 Å². The van der Waals surface area contributed by atoms with E-state index in [1.165, 1.54) is 21.5 Å². The Balaban J connectivity index is 0.000000376. The van der Waals surface area contributed by atoms with Gasteiger partial charge in [-0.05, 0) is 53.6 Å². The molecule has 352 valence electrons. The molecule has 0 radical (unpaired) electrons. The Kier molecular flexibility index (Phi) is 22.1. The molecule has 0 amide bonds. The summed E-state index contributed by atoms with van der Waals surface area (Å²) < 4.78 is 64.8. The SMILES string of the molecule is CCCCCC(C)C(=O)OCC#Cc1cn([C@H]2C[C@@H](O)[C@@H](CO)O2)c(=O)nc1N.[2H]B([3H])CSOC[C@H]1O[C@@H](n2cc(C#CCOC(=O)C(C)CCCCC)c(N)nc2=O)C[C@H]1OSCB([2H])[3H]. The molecule has 2 aromatic heterocycles. The van der Waals surface area contributed by atoms with E-state index in [4.69, 9.17) is 44.1 Å². The van der Waals surface area contributed by atoms with Crippen LogP contribution >= 0.6 is 24.1 Å². The number of carbonyl (C=O) groups is 2. The number of carbonyl (C=O) groups excluding carboxylic acids is 2. The van der Waals surface area contributed by atoms with Gasteiger partial charge in [0.1, 0.15) is 57.9 Å². The van der Waals surface area contributed by atoms with E-state index in [-0.39, 0.29) is 97.1 Å². The lowest BCUT2D eigenvalue weighted by Gasteiger charge is -2.17. The lowest BCUT2D eigenvalue weighted by molar-refractivity contribution is -0.147. The van der Waals surface area contributed by atoms with Crippen LogP contribution in [-0.4, -0.2) is 124 Å². The summed E-state index contributed by atoms with van der Waals surface area (Å²) >= 11 is 1.95. The minimum Gasteiger partial charge on any atom is -0.452 e. The number of hydrogen-bond acceptors (Lipinski definition) is 18. The number of nitrogen functional groups attached to an aromatic ring is 2. The predicted molar refractivity (Wildman–Crippen MR) is 251 cm³/mol. The molecule has 8 atom stereocenters. The molecule has 4 heterocycles. The van der Waals surface area contributed by atoms with Crippen LogP contribution in [0.1, 0.15) is 115 Å². The number of ether oxygens (including phenoxy) is 4. The number of nitrogens with zero attached hydrogens (tertiary/aromatic N) is 4. The Morgan fingerprint density at radius 2 is 1.39 bits per heavy atom. The van der Waals surface area contributed by atoms with Crippen LogP contribution in [0.15, 0.2) is 22.0 Å². The van der Waals surface area contributed by atoms with Gasteiger partial charge in [-0.2, -0.15) is 9.97 Å². The Morgan fingerprint density at radius 3 is 1.88 bits per heavy atom. The molecule has 4 rings (SSSR count). The number of aromatic nitrogens is 4. The Morgan fingerprint density at radius 1 is 0.891 bits per heavy atom. The molecule has 2 saturated heterocycles. The fourth-order valence-electron chi connectivity index (χ4n) is 6.43. The second-order valence-electron chi connectivity index (χ2n) is 15.0. The fourth-order valence-corrected chi connectivity index (χ4v) is 7.21. The standard InChI is InChI=1S/C22H35B2N3O6S2.C20H29N3O6/c1-3-4-5-7-15(2)21(28)30-9-6-8-16-11-27(22(29)26-20(16)25)19-10-17(33-35-14-24)18(32-19)12-31-34-13-23;1-3-4-5-7-13(2)19(26)28-9-6-8-14-11-23(20(27)22-18(14)21)17-10-15(25)16(12-24)29-17/h11,15,17-19H,3-5,7,9-10,12-14,23-24H2,1-2H3,(H2,25,26,29);11,13,15-17,24-25H,3-5,7,9-10,12H2,1-2H3,(H2,21,22,27)/t15?,17-,18-,19-;13?,15-,16-,17-/m11/s1/i23TD,24TD;. The number of unbranched alkanes of at least 4 members (excludes halogenated alkanes) is 4. The molecule has 0 saturated carbocycles. The first-order chi connectivity index (χ1) is 32.5. The maximum Gasteiger partial charge on any atom is 0.351 e. The Labute approximate surface area is 391 Å².